The van der Waals surface area contributed by atoms with E-state index in [1.54, 1.807) is 0 Å². The van der Waals surface area contributed by atoms with Crippen molar-refractivity contribution in [3.05, 3.63) is 65.2 Å². The summed E-state index contributed by atoms with van der Waals surface area (Å²) in [6, 6.07) is 15.9. The van der Waals surface area contributed by atoms with Gasteiger partial charge in [0, 0.05) is 19.5 Å². The summed E-state index contributed by atoms with van der Waals surface area (Å²) in [5.74, 6) is 0.646. The van der Waals surface area contributed by atoms with Crippen LogP contribution in [-0.2, 0) is 16.0 Å². The minimum absolute atomic E-state index is 0.0137. The molecule has 5 heteroatoms. The number of ether oxygens (including phenoxy) is 1. The van der Waals surface area contributed by atoms with E-state index in [4.69, 9.17) is 4.74 Å². The minimum atomic E-state index is -0.141. The molecule has 2 aromatic rings. The van der Waals surface area contributed by atoms with Gasteiger partial charge in [-0.3, -0.25) is 9.59 Å². The fourth-order valence-electron chi connectivity index (χ4n) is 3.55. The van der Waals surface area contributed by atoms with Crippen molar-refractivity contribution in [3.63, 3.8) is 0 Å². The zero-order chi connectivity index (χ0) is 19.2. The summed E-state index contributed by atoms with van der Waals surface area (Å²) in [5, 5.41) is 2.73. The summed E-state index contributed by atoms with van der Waals surface area (Å²) in [5.41, 5.74) is 3.37. The van der Waals surface area contributed by atoms with Gasteiger partial charge < -0.3 is 15.0 Å². The number of rotatable bonds is 6. The van der Waals surface area contributed by atoms with Crippen molar-refractivity contribution in [1.82, 2.24) is 10.2 Å². The quantitative estimate of drug-likeness (QED) is 0.855. The third kappa shape index (κ3) is 4.30. The fraction of sp³-hybridized carbons (Fsp3) is 0.364. The Morgan fingerprint density at radius 1 is 1.15 bits per heavy atom. The van der Waals surface area contributed by atoms with Crippen molar-refractivity contribution in [2.45, 2.75) is 32.7 Å². The molecule has 1 atom stereocenters. The molecule has 0 saturated carbocycles. The first-order valence-corrected chi connectivity index (χ1v) is 9.50. The Hall–Kier alpha value is -2.82. The van der Waals surface area contributed by atoms with Crippen LogP contribution in [0.3, 0.4) is 0 Å². The molecule has 0 spiro atoms. The van der Waals surface area contributed by atoms with E-state index in [1.807, 2.05) is 55.1 Å². The summed E-state index contributed by atoms with van der Waals surface area (Å²) in [6.07, 6.45) is 1.30. The number of benzene rings is 2. The largest absolute Gasteiger partial charge is 0.484 e. The smallest absolute Gasteiger partial charge is 0.257 e. The van der Waals surface area contributed by atoms with Crippen LogP contribution in [0, 0.1) is 0 Å². The van der Waals surface area contributed by atoms with Crippen LogP contribution in [0.5, 0.6) is 5.75 Å². The molecule has 3 rings (SSSR count). The Kier molecular flexibility index (Phi) is 6.12. The average Bonchev–Trinajstić information content (AvgIpc) is 2.71. The zero-order valence-corrected chi connectivity index (χ0v) is 15.9. The zero-order valence-electron chi connectivity index (χ0n) is 15.9. The van der Waals surface area contributed by atoms with Crippen LogP contribution in [0.1, 0.15) is 43.0 Å². The monoisotopic (exact) mass is 366 g/mol. The first kappa shape index (κ1) is 19.0. The number of nitrogens with zero attached hydrogens (tertiary/aromatic N) is 1. The van der Waals surface area contributed by atoms with E-state index in [-0.39, 0.29) is 24.5 Å². The maximum atomic E-state index is 12.6. The molecule has 1 heterocycles. The Morgan fingerprint density at radius 2 is 1.93 bits per heavy atom. The highest BCUT2D eigenvalue weighted by Crippen LogP contribution is 2.37. The molecule has 0 radical (unpaired) electrons. The Labute approximate surface area is 160 Å². The predicted molar refractivity (Wildman–Crippen MR) is 105 cm³/mol. The lowest BCUT2D eigenvalue weighted by Gasteiger charge is -2.38. The number of amides is 2. The van der Waals surface area contributed by atoms with Crippen molar-refractivity contribution >= 4 is 11.8 Å². The minimum Gasteiger partial charge on any atom is -0.484 e. The second-order valence-corrected chi connectivity index (χ2v) is 6.61. The van der Waals surface area contributed by atoms with Crippen molar-refractivity contribution in [2.24, 2.45) is 0 Å². The Balaban J connectivity index is 1.93. The predicted octanol–water partition coefficient (Wildman–Crippen LogP) is 3.09. The molecule has 0 saturated heterocycles. The van der Waals surface area contributed by atoms with Gasteiger partial charge in [-0.1, -0.05) is 43.3 Å². The SMILES string of the molecule is CCNC(=O)COc1ccc2c(c1)C(c1ccccc1)N(C(=O)CC)CC2. The summed E-state index contributed by atoms with van der Waals surface area (Å²) >= 11 is 0. The third-order valence-corrected chi connectivity index (χ3v) is 4.83. The lowest BCUT2D eigenvalue weighted by Crippen LogP contribution is -2.40. The van der Waals surface area contributed by atoms with Crippen molar-refractivity contribution < 1.29 is 14.3 Å². The molecular weight excluding hydrogens is 340 g/mol. The number of hydrogen-bond donors (Lipinski definition) is 1. The maximum absolute atomic E-state index is 12.6. The molecule has 0 aromatic heterocycles. The number of hydrogen-bond acceptors (Lipinski definition) is 3. The molecule has 142 valence electrons. The summed E-state index contributed by atoms with van der Waals surface area (Å²) in [7, 11) is 0. The van der Waals surface area contributed by atoms with Gasteiger partial charge in [0.25, 0.3) is 5.91 Å². The third-order valence-electron chi connectivity index (χ3n) is 4.83. The van der Waals surface area contributed by atoms with E-state index in [9.17, 15) is 9.59 Å². The van der Waals surface area contributed by atoms with Crippen LogP contribution in [0.25, 0.3) is 0 Å². The van der Waals surface area contributed by atoms with Gasteiger partial charge in [-0.25, -0.2) is 0 Å². The second kappa shape index (κ2) is 8.71. The van der Waals surface area contributed by atoms with E-state index in [0.29, 0.717) is 25.3 Å². The molecule has 5 nitrogen and oxygen atoms in total. The average molecular weight is 366 g/mol. The summed E-state index contributed by atoms with van der Waals surface area (Å²) < 4.78 is 5.68. The van der Waals surface area contributed by atoms with Crippen molar-refractivity contribution in [1.29, 1.82) is 0 Å². The van der Waals surface area contributed by atoms with Gasteiger partial charge in [0.05, 0.1) is 6.04 Å². The normalized spacial score (nSPS) is 15.8. The number of fused-ring (bicyclic) bond motifs is 1. The van der Waals surface area contributed by atoms with Crippen LogP contribution in [0.15, 0.2) is 48.5 Å². The maximum Gasteiger partial charge on any atom is 0.257 e. The van der Waals surface area contributed by atoms with Gasteiger partial charge in [-0.2, -0.15) is 0 Å². The van der Waals surface area contributed by atoms with Gasteiger partial charge in [-0.15, -0.1) is 0 Å². The lowest BCUT2D eigenvalue weighted by atomic mass is 9.87. The lowest BCUT2D eigenvalue weighted by molar-refractivity contribution is -0.133. The Bertz CT molecular complexity index is 804. The van der Waals surface area contributed by atoms with Crippen molar-refractivity contribution in [2.75, 3.05) is 19.7 Å². The molecule has 0 fully saturated rings. The van der Waals surface area contributed by atoms with E-state index in [0.717, 1.165) is 17.5 Å². The first-order chi connectivity index (χ1) is 13.1. The van der Waals surface area contributed by atoms with Crippen LogP contribution < -0.4 is 10.1 Å². The highest BCUT2D eigenvalue weighted by molar-refractivity contribution is 5.78. The first-order valence-electron chi connectivity index (χ1n) is 9.50. The van der Waals surface area contributed by atoms with Gasteiger partial charge in [0.1, 0.15) is 5.75 Å². The summed E-state index contributed by atoms with van der Waals surface area (Å²) in [4.78, 5) is 26.2. The molecule has 1 aliphatic heterocycles. The molecule has 1 aliphatic rings. The van der Waals surface area contributed by atoms with E-state index in [1.165, 1.54) is 5.56 Å². The molecule has 27 heavy (non-hydrogen) atoms. The van der Waals surface area contributed by atoms with E-state index >= 15 is 0 Å². The summed E-state index contributed by atoms with van der Waals surface area (Å²) in [6.45, 7) is 5.04. The van der Waals surface area contributed by atoms with Crippen LogP contribution in [-0.4, -0.2) is 36.4 Å². The molecule has 1 N–H and O–H groups in total. The van der Waals surface area contributed by atoms with Gasteiger partial charge >= 0.3 is 0 Å². The van der Waals surface area contributed by atoms with E-state index < -0.39 is 0 Å². The van der Waals surface area contributed by atoms with Crippen LogP contribution in [0.2, 0.25) is 0 Å². The molecule has 0 aliphatic carbocycles. The second-order valence-electron chi connectivity index (χ2n) is 6.61. The molecular formula is C22H26N2O3. The van der Waals surface area contributed by atoms with Crippen LogP contribution >= 0.6 is 0 Å². The highest BCUT2D eigenvalue weighted by Gasteiger charge is 2.31. The van der Waals surface area contributed by atoms with Crippen molar-refractivity contribution in [3.8, 4) is 5.75 Å². The topological polar surface area (TPSA) is 58.6 Å². The fourth-order valence-corrected chi connectivity index (χ4v) is 3.55. The number of carbonyl (C=O) groups excluding carboxylic acids is 2. The van der Waals surface area contributed by atoms with Crippen LogP contribution in [0.4, 0.5) is 0 Å². The molecule has 2 amide bonds. The standard InChI is InChI=1S/C22H26N2O3/c1-3-21(26)24-13-12-16-10-11-18(27-15-20(25)23-4-2)14-19(16)22(24)17-8-6-5-7-9-17/h5-11,14,22H,3-4,12-13,15H2,1-2H3,(H,23,25). The van der Waals surface area contributed by atoms with Gasteiger partial charge in [-0.05, 0) is 42.2 Å². The van der Waals surface area contributed by atoms with E-state index in [2.05, 4.69) is 17.4 Å². The Morgan fingerprint density at radius 3 is 2.63 bits per heavy atom. The molecule has 0 bridgehead atoms. The molecule has 2 aromatic carbocycles. The highest BCUT2D eigenvalue weighted by atomic mass is 16.5. The number of likely N-dealkylation sites (N-methyl/N-ethyl adjacent to an activating group) is 1. The van der Waals surface area contributed by atoms with Gasteiger partial charge in [0.15, 0.2) is 6.61 Å². The van der Waals surface area contributed by atoms with Gasteiger partial charge in [0.2, 0.25) is 5.91 Å². The number of carbonyl (C=O) groups is 2. The number of nitrogens with one attached hydrogen (secondary N) is 1. The molecule has 1 unspecified atom stereocenters.